The van der Waals surface area contributed by atoms with Crippen molar-refractivity contribution < 1.29 is 28.9 Å². The van der Waals surface area contributed by atoms with Gasteiger partial charge in [-0.3, -0.25) is 9.97 Å². The minimum atomic E-state index is -1.77. The van der Waals surface area contributed by atoms with Gasteiger partial charge in [0, 0.05) is 47.0 Å². The maximum atomic E-state index is 11.0. The molecule has 0 saturated carbocycles. The van der Waals surface area contributed by atoms with Crippen LogP contribution in [0.1, 0.15) is 90.9 Å². The van der Waals surface area contributed by atoms with Gasteiger partial charge in [-0.2, -0.15) is 0 Å². The van der Waals surface area contributed by atoms with Crippen molar-refractivity contribution in [2.24, 2.45) is 0 Å². The third-order valence-corrected chi connectivity index (χ3v) is 7.59. The zero-order valence-corrected chi connectivity index (χ0v) is 28.2. The molecule has 3 nitrogen and oxygen atoms in total. The molecule has 4 heteroatoms. The summed E-state index contributed by atoms with van der Waals surface area (Å²) in [5.41, 5.74) is 8.41. The number of pyridine rings is 2. The van der Waals surface area contributed by atoms with Crippen LogP contribution < -0.4 is 0 Å². The number of aromatic hydroxyl groups is 1. The molecule has 0 aliphatic rings. The number of aromatic nitrogens is 2. The first-order chi connectivity index (χ1) is 20.7. The average Bonchev–Trinajstić information content (AvgIpc) is 3.00. The summed E-state index contributed by atoms with van der Waals surface area (Å²) >= 11 is 0. The van der Waals surface area contributed by atoms with Crippen LogP contribution in [0.5, 0.6) is 5.75 Å². The smallest absolute Gasteiger partial charge is 0.124 e. The van der Waals surface area contributed by atoms with Gasteiger partial charge in [0.05, 0.1) is 5.69 Å². The van der Waals surface area contributed by atoms with E-state index in [1.165, 1.54) is 0 Å². The van der Waals surface area contributed by atoms with E-state index in [-0.39, 0.29) is 38.1 Å². The van der Waals surface area contributed by atoms with Crippen LogP contribution >= 0.6 is 0 Å². The van der Waals surface area contributed by atoms with Crippen LogP contribution in [0, 0.1) is 6.07 Å². The Morgan fingerprint density at radius 1 is 0.744 bits per heavy atom. The Kier molecular flexibility index (Phi) is 9.19. The van der Waals surface area contributed by atoms with Crippen LogP contribution in [0.25, 0.3) is 33.8 Å². The summed E-state index contributed by atoms with van der Waals surface area (Å²) < 4.78 is 18.4. The quantitative estimate of drug-likeness (QED) is 0.169. The van der Waals surface area contributed by atoms with Gasteiger partial charge in [0.15, 0.2) is 0 Å². The van der Waals surface area contributed by atoms with Gasteiger partial charge in [0.1, 0.15) is 5.75 Å². The first-order valence-electron chi connectivity index (χ1n) is 15.7. The van der Waals surface area contributed by atoms with Crippen LogP contribution in [0.2, 0.25) is 0 Å². The summed E-state index contributed by atoms with van der Waals surface area (Å²) in [6.45, 7) is 15.0. The number of phenols is 1. The molecule has 5 rings (SSSR count). The number of benzene rings is 3. The molecule has 224 valence electrons. The molecule has 0 amide bonds. The van der Waals surface area contributed by atoms with Gasteiger partial charge in [0.25, 0.3) is 0 Å². The van der Waals surface area contributed by atoms with Crippen molar-refractivity contribution >= 4 is 0 Å². The Bertz CT molecular complexity index is 1790. The second kappa shape index (κ2) is 13.4. The van der Waals surface area contributed by atoms with Crippen LogP contribution in [-0.4, -0.2) is 15.1 Å². The van der Waals surface area contributed by atoms with E-state index in [1.54, 1.807) is 12.3 Å². The average molecular weight is 751 g/mol. The van der Waals surface area contributed by atoms with Crippen LogP contribution in [0.3, 0.4) is 0 Å². The molecular weight excluding hydrogens is 708 g/mol. The summed E-state index contributed by atoms with van der Waals surface area (Å²) in [4.78, 5) is 9.75. The van der Waals surface area contributed by atoms with Gasteiger partial charge >= 0.3 is 0 Å². The monoisotopic (exact) mass is 750 g/mol. The van der Waals surface area contributed by atoms with E-state index >= 15 is 0 Å². The second-order valence-corrected chi connectivity index (χ2v) is 12.6. The van der Waals surface area contributed by atoms with E-state index in [1.807, 2.05) is 72.8 Å². The van der Waals surface area contributed by atoms with E-state index in [4.69, 9.17) is 4.98 Å². The predicted molar refractivity (Wildman–Crippen MR) is 175 cm³/mol. The minimum absolute atomic E-state index is 0. The zero-order valence-electron chi connectivity index (χ0n) is 28.0. The fourth-order valence-electron chi connectivity index (χ4n) is 4.93. The van der Waals surface area contributed by atoms with Gasteiger partial charge in [-0.1, -0.05) is 108 Å². The molecule has 0 spiro atoms. The first kappa shape index (κ1) is 29.5. The van der Waals surface area contributed by atoms with Crippen molar-refractivity contribution in [2.45, 2.75) is 72.1 Å². The fourth-order valence-corrected chi connectivity index (χ4v) is 4.93. The molecule has 0 aliphatic heterocycles. The van der Waals surface area contributed by atoms with Crippen LogP contribution in [0.4, 0.5) is 0 Å². The summed E-state index contributed by atoms with van der Waals surface area (Å²) in [6.07, 6.45) is 0.0325. The minimum Gasteiger partial charge on any atom is -0.507 e. The molecular formula is C39H41N2OPt-. The molecule has 3 aromatic carbocycles. The maximum Gasteiger partial charge on any atom is 0.124 e. The molecule has 2 heterocycles. The standard InChI is InChI=1S/C39H41N2O.Pt/c1-25(2)29-15-16-40-35(21-29)31-18-28(17-27-11-9-8-10-12-27)19-32(20-31)36-22-30(26(3)4)23-37(41-36)34-24-33(39(5,6)7)13-14-38(34)42;/h8-16,18-19,21-26,42H,17H2,1-7H3;/q-1;/i17D2;. The summed E-state index contributed by atoms with van der Waals surface area (Å²) in [5.74, 6) is 0.691. The second-order valence-electron chi connectivity index (χ2n) is 12.6. The molecule has 0 radical (unpaired) electrons. The Labute approximate surface area is 274 Å². The van der Waals surface area contributed by atoms with E-state index in [0.29, 0.717) is 45.1 Å². The molecule has 0 fully saturated rings. The van der Waals surface area contributed by atoms with E-state index < -0.39 is 6.37 Å². The molecule has 0 aliphatic carbocycles. The van der Waals surface area contributed by atoms with Gasteiger partial charge in [0.2, 0.25) is 0 Å². The summed E-state index contributed by atoms with van der Waals surface area (Å²) in [5, 5.41) is 11.0. The van der Waals surface area contributed by atoms with E-state index in [2.05, 4.69) is 65.6 Å². The zero-order chi connectivity index (χ0) is 31.8. The predicted octanol–water partition coefficient (Wildman–Crippen LogP) is 10.1. The Morgan fingerprint density at radius 3 is 2.02 bits per heavy atom. The maximum absolute atomic E-state index is 11.0. The number of hydrogen-bond donors (Lipinski definition) is 1. The van der Waals surface area contributed by atoms with Gasteiger partial charge in [-0.15, -0.1) is 23.8 Å². The van der Waals surface area contributed by atoms with Crippen molar-refractivity contribution in [3.05, 3.63) is 125 Å². The molecule has 0 saturated heterocycles. The molecule has 0 atom stereocenters. The van der Waals surface area contributed by atoms with Crippen molar-refractivity contribution in [3.63, 3.8) is 0 Å². The SMILES string of the molecule is [2H]C([2H])(c1ccccc1)c1cc(-c2cc(C(C)C)ccn2)[c-]c(-c2cc(C(C)C)cc(-c3cc(C(C)(C)C)ccc3O)n2)c1.[Pt]. The number of rotatable bonds is 7. The summed E-state index contributed by atoms with van der Waals surface area (Å²) in [7, 11) is 0. The number of nitrogens with zero attached hydrogens (tertiary/aromatic N) is 2. The normalized spacial score (nSPS) is 12.6. The van der Waals surface area contributed by atoms with Gasteiger partial charge < -0.3 is 5.11 Å². The van der Waals surface area contributed by atoms with Gasteiger partial charge in [-0.05, 0) is 70.1 Å². The third kappa shape index (κ3) is 7.70. The van der Waals surface area contributed by atoms with Crippen LogP contribution in [0.15, 0.2) is 91.1 Å². The van der Waals surface area contributed by atoms with Gasteiger partial charge in [-0.25, -0.2) is 0 Å². The molecule has 0 unspecified atom stereocenters. The first-order valence-corrected chi connectivity index (χ1v) is 14.7. The largest absolute Gasteiger partial charge is 0.507 e. The van der Waals surface area contributed by atoms with Crippen molar-refractivity contribution in [1.29, 1.82) is 0 Å². The Balaban J connectivity index is 0.00000461. The number of phenolic OH excluding ortho intramolecular Hbond substituents is 1. The van der Waals surface area contributed by atoms with Crippen molar-refractivity contribution in [2.75, 3.05) is 0 Å². The van der Waals surface area contributed by atoms with Crippen molar-refractivity contribution in [1.82, 2.24) is 9.97 Å². The molecule has 5 aromatic rings. The fraction of sp³-hybridized carbons (Fsp3) is 0.282. The Morgan fingerprint density at radius 2 is 1.37 bits per heavy atom. The molecule has 43 heavy (non-hydrogen) atoms. The molecule has 0 bridgehead atoms. The topological polar surface area (TPSA) is 46.0 Å². The summed E-state index contributed by atoms with van der Waals surface area (Å²) in [6, 6.07) is 30.4. The third-order valence-electron chi connectivity index (χ3n) is 7.59. The molecule has 2 aromatic heterocycles. The van der Waals surface area contributed by atoms with E-state index in [0.717, 1.165) is 22.4 Å². The van der Waals surface area contributed by atoms with Crippen LogP contribution in [-0.2, 0) is 32.9 Å². The molecule has 1 N–H and O–H groups in total. The number of hydrogen-bond acceptors (Lipinski definition) is 3. The Hall–Kier alpha value is -3.55. The van der Waals surface area contributed by atoms with E-state index in [9.17, 15) is 7.85 Å². The van der Waals surface area contributed by atoms with Crippen molar-refractivity contribution in [3.8, 4) is 39.5 Å².